The first-order valence-corrected chi connectivity index (χ1v) is 9.34. The quantitative estimate of drug-likeness (QED) is 0.797. The molecule has 0 bridgehead atoms. The molecule has 0 radical (unpaired) electrons. The molecule has 1 heterocycles. The molecule has 1 aliphatic heterocycles. The lowest BCUT2D eigenvalue weighted by molar-refractivity contribution is 0.358. The molecule has 1 aromatic rings. The van der Waals surface area contributed by atoms with Gasteiger partial charge in [0.15, 0.2) is 0 Å². The summed E-state index contributed by atoms with van der Waals surface area (Å²) in [5.74, 6) is 1.07. The second-order valence-electron chi connectivity index (χ2n) is 5.20. The van der Waals surface area contributed by atoms with E-state index in [1.165, 1.54) is 19.6 Å². The summed E-state index contributed by atoms with van der Waals surface area (Å²) in [7, 11) is -2.00. The first kappa shape index (κ1) is 16.7. The Labute approximate surface area is 134 Å². The first-order chi connectivity index (χ1) is 10.0. The van der Waals surface area contributed by atoms with Crippen LogP contribution in [0.4, 0.5) is 0 Å². The highest BCUT2D eigenvalue weighted by Crippen LogP contribution is 2.26. The monoisotopic (exact) mass is 376 g/mol. The van der Waals surface area contributed by atoms with Gasteiger partial charge in [-0.25, -0.2) is 13.1 Å². The molecule has 1 aromatic carbocycles. The largest absolute Gasteiger partial charge is 0.497 e. The zero-order valence-electron chi connectivity index (χ0n) is 12.1. The van der Waals surface area contributed by atoms with E-state index >= 15 is 0 Å². The van der Waals surface area contributed by atoms with Crippen molar-refractivity contribution in [1.82, 2.24) is 10.0 Å². The fourth-order valence-corrected chi connectivity index (χ4v) is 4.49. The molecule has 7 heteroatoms. The Balaban J connectivity index is 1.97. The smallest absolute Gasteiger partial charge is 0.241 e. The molecule has 2 rings (SSSR count). The van der Waals surface area contributed by atoms with Crippen LogP contribution in [0.15, 0.2) is 27.6 Å². The minimum absolute atomic E-state index is 0.212. The summed E-state index contributed by atoms with van der Waals surface area (Å²) < 4.78 is 33.0. The number of hydrogen-bond acceptors (Lipinski definition) is 4. The van der Waals surface area contributed by atoms with Crippen molar-refractivity contribution in [3.8, 4) is 5.75 Å². The molecule has 1 atom stereocenters. The lowest BCUT2D eigenvalue weighted by Gasteiger charge is -2.22. The normalized spacial score (nSPS) is 19.4. The third kappa shape index (κ3) is 4.67. The van der Waals surface area contributed by atoms with E-state index in [-0.39, 0.29) is 4.90 Å². The van der Waals surface area contributed by atoms with Gasteiger partial charge in [0.05, 0.1) is 12.0 Å². The Morgan fingerprint density at radius 1 is 1.48 bits per heavy atom. The van der Waals surface area contributed by atoms with Crippen molar-refractivity contribution in [3.63, 3.8) is 0 Å². The zero-order valence-corrected chi connectivity index (χ0v) is 14.5. The molecule has 0 spiro atoms. The van der Waals surface area contributed by atoms with Crippen molar-refractivity contribution in [2.45, 2.75) is 24.2 Å². The van der Waals surface area contributed by atoms with Crippen LogP contribution in [-0.2, 0) is 10.0 Å². The van der Waals surface area contributed by atoms with Gasteiger partial charge in [0.25, 0.3) is 0 Å². The summed E-state index contributed by atoms with van der Waals surface area (Å²) in [5, 5.41) is 3.34. The van der Waals surface area contributed by atoms with E-state index in [4.69, 9.17) is 4.74 Å². The Bertz CT molecular complexity index is 572. The van der Waals surface area contributed by atoms with E-state index in [1.807, 2.05) is 0 Å². The first-order valence-electron chi connectivity index (χ1n) is 7.07. The average molecular weight is 377 g/mol. The van der Waals surface area contributed by atoms with Gasteiger partial charge in [-0.3, -0.25) is 0 Å². The topological polar surface area (TPSA) is 67.4 Å². The van der Waals surface area contributed by atoms with Crippen molar-refractivity contribution < 1.29 is 13.2 Å². The average Bonchev–Trinajstić information content (AvgIpc) is 2.48. The van der Waals surface area contributed by atoms with Gasteiger partial charge in [0, 0.05) is 17.1 Å². The maximum Gasteiger partial charge on any atom is 0.241 e. The Kier molecular flexibility index (Phi) is 6.04. The molecule has 2 N–H and O–H groups in total. The third-order valence-corrected chi connectivity index (χ3v) is 6.13. The van der Waals surface area contributed by atoms with Gasteiger partial charge in [0.1, 0.15) is 5.75 Å². The minimum atomic E-state index is -3.52. The molecule has 0 amide bonds. The molecule has 0 aromatic heterocycles. The van der Waals surface area contributed by atoms with Gasteiger partial charge in [-0.15, -0.1) is 0 Å². The van der Waals surface area contributed by atoms with Crippen LogP contribution in [0, 0.1) is 5.92 Å². The predicted molar refractivity (Wildman–Crippen MR) is 86.1 cm³/mol. The Morgan fingerprint density at radius 2 is 2.29 bits per heavy atom. The standard InChI is InChI=1S/C14H21BrN2O3S/c1-20-12-4-5-13(15)14(9-12)21(18,19)17-8-6-11-3-2-7-16-10-11/h4-5,9,11,16-17H,2-3,6-8,10H2,1H3. The Morgan fingerprint density at radius 3 is 2.95 bits per heavy atom. The highest BCUT2D eigenvalue weighted by Gasteiger charge is 2.19. The van der Waals surface area contributed by atoms with E-state index in [2.05, 4.69) is 26.0 Å². The lowest BCUT2D eigenvalue weighted by atomic mass is 9.96. The maximum absolute atomic E-state index is 12.4. The maximum atomic E-state index is 12.4. The molecule has 21 heavy (non-hydrogen) atoms. The molecule has 1 saturated heterocycles. The minimum Gasteiger partial charge on any atom is -0.497 e. The summed E-state index contributed by atoms with van der Waals surface area (Å²) in [6, 6.07) is 4.92. The third-order valence-electron chi connectivity index (χ3n) is 3.67. The van der Waals surface area contributed by atoms with Gasteiger partial charge in [-0.1, -0.05) is 0 Å². The number of ether oxygens (including phenoxy) is 1. The van der Waals surface area contributed by atoms with E-state index in [0.717, 1.165) is 25.9 Å². The van der Waals surface area contributed by atoms with E-state index < -0.39 is 10.0 Å². The van der Waals surface area contributed by atoms with E-state index in [9.17, 15) is 8.42 Å². The number of nitrogens with one attached hydrogen (secondary N) is 2. The highest BCUT2D eigenvalue weighted by atomic mass is 79.9. The fourth-order valence-electron chi connectivity index (χ4n) is 2.46. The summed E-state index contributed by atoms with van der Waals surface area (Å²) >= 11 is 3.28. The molecule has 0 aliphatic carbocycles. The molecule has 1 aliphatic rings. The van der Waals surface area contributed by atoms with Gasteiger partial charge >= 0.3 is 0 Å². The van der Waals surface area contributed by atoms with E-state index in [0.29, 0.717) is 22.7 Å². The van der Waals surface area contributed by atoms with Crippen LogP contribution in [0.1, 0.15) is 19.3 Å². The number of piperidine rings is 1. The zero-order chi connectivity index (χ0) is 15.3. The van der Waals surface area contributed by atoms with Crippen molar-refractivity contribution in [1.29, 1.82) is 0 Å². The number of sulfonamides is 1. The van der Waals surface area contributed by atoms with Gasteiger partial charge in [0.2, 0.25) is 10.0 Å². The fraction of sp³-hybridized carbons (Fsp3) is 0.571. The predicted octanol–water partition coefficient (Wildman–Crippen LogP) is 2.13. The highest BCUT2D eigenvalue weighted by molar-refractivity contribution is 9.10. The van der Waals surface area contributed by atoms with Crippen molar-refractivity contribution in [2.75, 3.05) is 26.7 Å². The molecule has 1 unspecified atom stereocenters. The molecule has 5 nitrogen and oxygen atoms in total. The van der Waals surface area contributed by atoms with E-state index in [1.54, 1.807) is 12.1 Å². The van der Waals surface area contributed by atoms with Crippen molar-refractivity contribution >= 4 is 26.0 Å². The summed E-state index contributed by atoms with van der Waals surface area (Å²) in [5.41, 5.74) is 0. The number of benzene rings is 1. The number of hydrogen-bond donors (Lipinski definition) is 2. The van der Waals surface area contributed by atoms with Gasteiger partial charge in [-0.2, -0.15) is 0 Å². The number of methoxy groups -OCH3 is 1. The Hall–Kier alpha value is -0.630. The number of rotatable bonds is 6. The SMILES string of the molecule is COc1ccc(Br)c(S(=O)(=O)NCCC2CCCNC2)c1. The summed E-state index contributed by atoms with van der Waals surface area (Å²) in [6.07, 6.45) is 3.18. The van der Waals surface area contributed by atoms with Crippen molar-refractivity contribution in [3.05, 3.63) is 22.7 Å². The van der Waals surface area contributed by atoms with Crippen LogP contribution in [0.2, 0.25) is 0 Å². The summed E-state index contributed by atoms with van der Waals surface area (Å²) in [6.45, 7) is 2.50. The molecule has 0 saturated carbocycles. The lowest BCUT2D eigenvalue weighted by Crippen LogP contribution is -2.33. The second kappa shape index (κ2) is 7.58. The molecular weight excluding hydrogens is 356 g/mol. The van der Waals surface area contributed by atoms with Gasteiger partial charge in [-0.05, 0) is 66.3 Å². The van der Waals surface area contributed by atoms with Gasteiger partial charge < -0.3 is 10.1 Å². The molecule has 1 fully saturated rings. The number of halogens is 1. The van der Waals surface area contributed by atoms with Crippen LogP contribution in [0.3, 0.4) is 0 Å². The molecular formula is C14H21BrN2O3S. The summed E-state index contributed by atoms with van der Waals surface area (Å²) in [4.78, 5) is 0.212. The van der Waals surface area contributed by atoms with Crippen LogP contribution in [0.5, 0.6) is 5.75 Å². The van der Waals surface area contributed by atoms with Crippen LogP contribution in [-0.4, -0.2) is 35.2 Å². The van der Waals surface area contributed by atoms with Crippen LogP contribution >= 0.6 is 15.9 Å². The van der Waals surface area contributed by atoms with Crippen LogP contribution < -0.4 is 14.8 Å². The van der Waals surface area contributed by atoms with Crippen LogP contribution in [0.25, 0.3) is 0 Å². The van der Waals surface area contributed by atoms with Crippen molar-refractivity contribution in [2.24, 2.45) is 5.92 Å². The second-order valence-corrected chi connectivity index (χ2v) is 7.78. The molecule has 118 valence electrons.